The Hall–Kier alpha value is -2.10. The molecule has 74 valence electrons. The summed E-state index contributed by atoms with van der Waals surface area (Å²) in [5.74, 6) is -0.111. The summed E-state index contributed by atoms with van der Waals surface area (Å²) >= 11 is 0. The van der Waals surface area contributed by atoms with Crippen LogP contribution < -0.4 is 0 Å². The summed E-state index contributed by atoms with van der Waals surface area (Å²) in [5.41, 5.74) is 3.19. The van der Waals surface area contributed by atoms with Crippen molar-refractivity contribution in [2.24, 2.45) is 0 Å². The molecule has 0 amide bonds. The van der Waals surface area contributed by atoms with Crippen LogP contribution in [0.2, 0.25) is 0 Å². The topological polar surface area (TPSA) is 59.2 Å². The lowest BCUT2D eigenvalue weighted by Gasteiger charge is -1.94. The summed E-state index contributed by atoms with van der Waals surface area (Å²) < 4.78 is 5.09. The third-order valence-corrected chi connectivity index (χ3v) is 2.41. The van der Waals surface area contributed by atoms with Gasteiger partial charge < -0.3 is 9.52 Å². The SMILES string of the molecule is Cc1c(O)oc2nc3ccccc3nc12. The third kappa shape index (κ3) is 1.08. The number of aromatic nitrogens is 2. The van der Waals surface area contributed by atoms with E-state index in [0.717, 1.165) is 11.0 Å². The highest BCUT2D eigenvalue weighted by Gasteiger charge is 2.12. The number of rotatable bonds is 0. The predicted octanol–water partition coefficient (Wildman–Crippen LogP) is 2.39. The number of furan rings is 1. The number of hydrogen-bond donors (Lipinski definition) is 1. The van der Waals surface area contributed by atoms with Gasteiger partial charge in [0.15, 0.2) is 0 Å². The normalized spacial score (nSPS) is 11.3. The molecule has 1 aromatic carbocycles. The van der Waals surface area contributed by atoms with E-state index in [2.05, 4.69) is 9.97 Å². The molecule has 0 bridgehead atoms. The second-order valence-corrected chi connectivity index (χ2v) is 3.40. The Balaban J connectivity index is 2.53. The minimum absolute atomic E-state index is 0.111. The molecule has 0 aliphatic rings. The van der Waals surface area contributed by atoms with Gasteiger partial charge in [-0.2, -0.15) is 0 Å². The van der Waals surface area contributed by atoms with Gasteiger partial charge in [0.05, 0.1) is 16.6 Å². The van der Waals surface area contributed by atoms with Crippen LogP contribution in [0.25, 0.3) is 22.3 Å². The molecule has 2 heterocycles. The molecule has 3 aromatic rings. The van der Waals surface area contributed by atoms with Crippen LogP contribution in [-0.4, -0.2) is 15.1 Å². The number of benzene rings is 1. The quantitative estimate of drug-likeness (QED) is 0.605. The highest BCUT2D eigenvalue weighted by atomic mass is 16.5. The average Bonchev–Trinajstić information content (AvgIpc) is 2.52. The van der Waals surface area contributed by atoms with Crippen LogP contribution in [0.15, 0.2) is 28.7 Å². The molecule has 0 saturated carbocycles. The molecule has 15 heavy (non-hydrogen) atoms. The molecule has 0 spiro atoms. The first-order chi connectivity index (χ1) is 7.25. The van der Waals surface area contributed by atoms with Crippen molar-refractivity contribution >= 4 is 22.3 Å². The van der Waals surface area contributed by atoms with Crippen LogP contribution in [0.1, 0.15) is 5.56 Å². The highest BCUT2D eigenvalue weighted by molar-refractivity contribution is 5.86. The number of hydrogen-bond acceptors (Lipinski definition) is 4. The second kappa shape index (κ2) is 2.70. The molecule has 0 aliphatic carbocycles. The van der Waals surface area contributed by atoms with E-state index in [9.17, 15) is 5.11 Å². The van der Waals surface area contributed by atoms with Crippen LogP contribution >= 0.6 is 0 Å². The van der Waals surface area contributed by atoms with Gasteiger partial charge in [-0.15, -0.1) is 0 Å². The maximum Gasteiger partial charge on any atom is 0.289 e. The predicted molar refractivity (Wildman–Crippen MR) is 55.7 cm³/mol. The second-order valence-electron chi connectivity index (χ2n) is 3.40. The van der Waals surface area contributed by atoms with Crippen molar-refractivity contribution in [3.05, 3.63) is 29.8 Å². The number of aromatic hydroxyl groups is 1. The van der Waals surface area contributed by atoms with Crippen molar-refractivity contribution in [1.82, 2.24) is 9.97 Å². The Morgan fingerprint density at radius 3 is 2.53 bits per heavy atom. The molecule has 4 nitrogen and oxygen atoms in total. The van der Waals surface area contributed by atoms with Crippen LogP contribution in [0, 0.1) is 6.92 Å². The smallest absolute Gasteiger partial charge is 0.289 e. The van der Waals surface area contributed by atoms with E-state index in [1.165, 1.54) is 0 Å². The standard InChI is InChI=1S/C11H8N2O2/c1-6-9-10(15-11(6)14)13-8-5-3-2-4-7(8)12-9/h2-5,14H,1H3. The van der Waals surface area contributed by atoms with Gasteiger partial charge in [-0.05, 0) is 19.1 Å². The van der Waals surface area contributed by atoms with Crippen molar-refractivity contribution in [3.63, 3.8) is 0 Å². The zero-order valence-corrected chi connectivity index (χ0v) is 8.06. The lowest BCUT2D eigenvalue weighted by molar-refractivity contribution is 0.341. The molecule has 0 saturated heterocycles. The summed E-state index contributed by atoms with van der Waals surface area (Å²) in [6, 6.07) is 7.53. The van der Waals surface area contributed by atoms with Gasteiger partial charge in [0, 0.05) is 0 Å². The van der Waals surface area contributed by atoms with Gasteiger partial charge in [0.1, 0.15) is 5.52 Å². The number of nitrogens with zero attached hydrogens (tertiary/aromatic N) is 2. The zero-order valence-electron chi connectivity index (χ0n) is 8.06. The summed E-state index contributed by atoms with van der Waals surface area (Å²) in [5, 5.41) is 9.40. The molecule has 0 atom stereocenters. The van der Waals surface area contributed by atoms with Crippen LogP contribution in [0.4, 0.5) is 0 Å². The molecule has 0 unspecified atom stereocenters. The Bertz CT molecular complexity index is 658. The van der Waals surface area contributed by atoms with Crippen molar-refractivity contribution in [3.8, 4) is 5.95 Å². The molecule has 0 aliphatic heterocycles. The fourth-order valence-electron chi connectivity index (χ4n) is 1.57. The Morgan fingerprint density at radius 2 is 1.80 bits per heavy atom. The van der Waals surface area contributed by atoms with Crippen LogP contribution in [0.5, 0.6) is 5.95 Å². The molecule has 0 radical (unpaired) electrons. The van der Waals surface area contributed by atoms with Crippen molar-refractivity contribution < 1.29 is 9.52 Å². The van der Waals surface area contributed by atoms with Gasteiger partial charge in [-0.3, -0.25) is 0 Å². The summed E-state index contributed by atoms with van der Waals surface area (Å²) in [4.78, 5) is 8.65. The lowest BCUT2D eigenvalue weighted by Crippen LogP contribution is -1.84. The monoisotopic (exact) mass is 200 g/mol. The first-order valence-electron chi connectivity index (χ1n) is 4.60. The average molecular weight is 200 g/mol. The summed E-state index contributed by atoms with van der Waals surface area (Å²) in [7, 11) is 0. The minimum Gasteiger partial charge on any atom is -0.480 e. The fourth-order valence-corrected chi connectivity index (χ4v) is 1.57. The Morgan fingerprint density at radius 1 is 1.13 bits per heavy atom. The Kier molecular flexibility index (Phi) is 1.48. The Labute approximate surface area is 85.2 Å². The molecule has 2 aromatic heterocycles. The van der Waals surface area contributed by atoms with Gasteiger partial charge in [0.2, 0.25) is 5.71 Å². The lowest BCUT2D eigenvalue weighted by atomic mass is 10.3. The van der Waals surface area contributed by atoms with E-state index in [1.54, 1.807) is 6.92 Å². The van der Waals surface area contributed by atoms with Crippen LogP contribution in [-0.2, 0) is 0 Å². The van der Waals surface area contributed by atoms with E-state index in [0.29, 0.717) is 16.8 Å². The van der Waals surface area contributed by atoms with Crippen molar-refractivity contribution in [1.29, 1.82) is 0 Å². The maximum absolute atomic E-state index is 9.40. The van der Waals surface area contributed by atoms with E-state index in [1.807, 2.05) is 24.3 Å². The van der Waals surface area contributed by atoms with Gasteiger partial charge in [0.25, 0.3) is 5.95 Å². The van der Waals surface area contributed by atoms with E-state index >= 15 is 0 Å². The largest absolute Gasteiger partial charge is 0.480 e. The van der Waals surface area contributed by atoms with Gasteiger partial charge in [-0.1, -0.05) is 12.1 Å². The third-order valence-electron chi connectivity index (χ3n) is 2.41. The zero-order chi connectivity index (χ0) is 10.4. The number of para-hydroxylation sites is 2. The first-order valence-corrected chi connectivity index (χ1v) is 4.60. The van der Waals surface area contributed by atoms with Crippen molar-refractivity contribution in [2.45, 2.75) is 6.92 Å². The van der Waals surface area contributed by atoms with E-state index < -0.39 is 0 Å². The molecule has 1 N–H and O–H groups in total. The molecular formula is C11H8N2O2. The number of aryl methyl sites for hydroxylation is 1. The minimum atomic E-state index is -0.111. The molecule has 4 heteroatoms. The highest BCUT2D eigenvalue weighted by Crippen LogP contribution is 2.28. The van der Waals surface area contributed by atoms with Crippen molar-refractivity contribution in [2.75, 3.05) is 0 Å². The van der Waals surface area contributed by atoms with E-state index in [4.69, 9.17) is 4.42 Å². The molecule has 0 fully saturated rings. The van der Waals surface area contributed by atoms with E-state index in [-0.39, 0.29) is 5.95 Å². The van der Waals surface area contributed by atoms with Gasteiger partial charge >= 0.3 is 0 Å². The molecular weight excluding hydrogens is 192 g/mol. The first kappa shape index (κ1) is 8.23. The number of fused-ring (bicyclic) bond motifs is 2. The fraction of sp³-hybridized carbons (Fsp3) is 0.0909. The maximum atomic E-state index is 9.40. The molecule has 3 rings (SSSR count). The van der Waals surface area contributed by atoms with Crippen LogP contribution in [0.3, 0.4) is 0 Å². The summed E-state index contributed by atoms with van der Waals surface area (Å²) in [6.07, 6.45) is 0. The summed E-state index contributed by atoms with van der Waals surface area (Å²) in [6.45, 7) is 1.75. The van der Waals surface area contributed by atoms with Gasteiger partial charge in [-0.25, -0.2) is 9.97 Å².